The average molecular weight is 817 g/mol. The summed E-state index contributed by atoms with van der Waals surface area (Å²) in [5.41, 5.74) is 2.81. The maximum absolute atomic E-state index is 13.6. The number of hydrogen-bond donors (Lipinski definition) is 0. The molecule has 4 bridgehead atoms. The maximum Gasteiger partial charge on any atom is 0.246 e. The van der Waals surface area contributed by atoms with Gasteiger partial charge in [0.2, 0.25) is 35.4 Å². The van der Waals surface area contributed by atoms with Gasteiger partial charge in [-0.15, -0.1) is 23.5 Å². The fraction of sp³-hybridized carbons (Fsp3) is 0.286. The van der Waals surface area contributed by atoms with Crippen molar-refractivity contribution in [2.24, 2.45) is 23.7 Å². The molecule has 8 atom stereocenters. The lowest BCUT2D eigenvalue weighted by Crippen LogP contribution is -2.55. The van der Waals surface area contributed by atoms with E-state index in [1.165, 1.54) is 33.3 Å². The van der Waals surface area contributed by atoms with Gasteiger partial charge in [-0.2, -0.15) is 0 Å². The van der Waals surface area contributed by atoms with Crippen LogP contribution in [0.25, 0.3) is 0 Å². The molecule has 0 unspecified atom stereocenters. The number of benzene rings is 4. The Labute approximate surface area is 339 Å². The predicted molar refractivity (Wildman–Crippen MR) is 217 cm³/mol. The number of carbonyl (C=O) groups is 6. The highest BCUT2D eigenvalue weighted by atomic mass is 32.2. The molecule has 10 nitrogen and oxygen atoms in total. The van der Waals surface area contributed by atoms with Crippen LogP contribution in [0, 0.1) is 23.7 Å². The van der Waals surface area contributed by atoms with Gasteiger partial charge >= 0.3 is 0 Å². The van der Waals surface area contributed by atoms with Crippen molar-refractivity contribution in [3.05, 3.63) is 132 Å². The van der Waals surface area contributed by atoms with Crippen molar-refractivity contribution in [1.82, 2.24) is 9.80 Å². The summed E-state index contributed by atoms with van der Waals surface area (Å²) in [4.78, 5) is 87.9. The van der Waals surface area contributed by atoms with Gasteiger partial charge in [-0.1, -0.05) is 121 Å². The van der Waals surface area contributed by atoms with E-state index in [2.05, 4.69) is 0 Å². The predicted octanol–water partition coefficient (Wildman–Crippen LogP) is 5.35. The molecule has 8 saturated heterocycles. The summed E-state index contributed by atoms with van der Waals surface area (Å²) in [6, 6.07) is 37.1. The number of anilines is 2. The summed E-state index contributed by atoms with van der Waals surface area (Å²) in [5, 5.41) is 0. The average Bonchev–Trinajstić information content (AvgIpc) is 4.10. The fourth-order valence-electron chi connectivity index (χ4n) is 10.3. The first-order valence-corrected chi connectivity index (χ1v) is 22.1. The quantitative estimate of drug-likeness (QED) is 0.250. The second-order valence-corrected chi connectivity index (χ2v) is 21.0. The summed E-state index contributed by atoms with van der Waals surface area (Å²) in [6.07, 6.45) is 0. The summed E-state index contributed by atoms with van der Waals surface area (Å²) < 4.78 is -3.38. The number of carbonyl (C=O) groups excluding carboxylic acids is 6. The highest BCUT2D eigenvalue weighted by Crippen LogP contribution is 2.77. The normalized spacial score (nSPS) is 35.6. The molecule has 4 aromatic rings. The first kappa shape index (κ1) is 34.7. The smallest absolute Gasteiger partial charge is 0.246 e. The second kappa shape index (κ2) is 12.0. The van der Waals surface area contributed by atoms with Gasteiger partial charge in [-0.25, -0.2) is 9.80 Å². The zero-order valence-corrected chi connectivity index (χ0v) is 32.8. The molecule has 6 amide bonds. The van der Waals surface area contributed by atoms with Gasteiger partial charge in [0.15, 0.2) is 0 Å². The van der Waals surface area contributed by atoms with Crippen molar-refractivity contribution in [1.29, 1.82) is 0 Å². The minimum Gasteiger partial charge on any atom is -0.316 e. The topological polar surface area (TPSA) is 115 Å². The van der Waals surface area contributed by atoms with E-state index >= 15 is 0 Å². The number of fused-ring (bicyclic) bond motifs is 6. The van der Waals surface area contributed by atoms with Crippen molar-refractivity contribution < 1.29 is 28.8 Å². The standard InChI is InChI=1S/2C21H16N2O3S2/c2*24-17-15-16(18(25)23(17)14-9-5-2-6-10-14)21-22(11-12-27-21)19(26)20(15,28-21)13-7-3-1-4-8-13/h2*1-10,15-16H,11-12H2/t2*15-,16+,20-,21+/m10/s1. The lowest BCUT2D eigenvalue weighted by atomic mass is 9.74. The Morgan fingerprint density at radius 1 is 0.429 bits per heavy atom. The van der Waals surface area contributed by atoms with Crippen LogP contribution in [0.1, 0.15) is 11.1 Å². The van der Waals surface area contributed by atoms with Crippen LogP contribution in [0.3, 0.4) is 0 Å². The third kappa shape index (κ3) is 4.05. The van der Waals surface area contributed by atoms with E-state index in [0.717, 1.165) is 22.6 Å². The van der Waals surface area contributed by atoms with E-state index in [9.17, 15) is 28.8 Å². The maximum atomic E-state index is 13.6. The van der Waals surface area contributed by atoms with Gasteiger partial charge < -0.3 is 9.80 Å². The summed E-state index contributed by atoms with van der Waals surface area (Å²) >= 11 is 6.35. The lowest BCUT2D eigenvalue weighted by Gasteiger charge is -2.37. The van der Waals surface area contributed by atoms with Crippen LogP contribution in [-0.2, 0) is 38.3 Å². The lowest BCUT2D eigenvalue weighted by molar-refractivity contribution is -0.145. The van der Waals surface area contributed by atoms with Gasteiger partial charge in [0.25, 0.3) is 0 Å². The fourth-order valence-corrected chi connectivity index (χ4v) is 18.6. The zero-order chi connectivity index (χ0) is 38.2. The van der Waals surface area contributed by atoms with Crippen LogP contribution in [0.5, 0.6) is 0 Å². The number of piperidine rings is 2. The monoisotopic (exact) mass is 816 g/mol. The molecule has 0 aliphatic carbocycles. The van der Waals surface area contributed by atoms with Crippen molar-refractivity contribution in [3.63, 3.8) is 0 Å². The van der Waals surface area contributed by atoms with Crippen LogP contribution in [0.4, 0.5) is 11.4 Å². The third-order valence-corrected chi connectivity index (χ3v) is 19.7. The van der Waals surface area contributed by atoms with Crippen molar-refractivity contribution in [2.75, 3.05) is 34.4 Å². The Kier molecular flexibility index (Phi) is 7.45. The Bertz CT molecular complexity index is 2230. The van der Waals surface area contributed by atoms with E-state index in [-0.39, 0.29) is 35.4 Å². The van der Waals surface area contributed by atoms with Crippen LogP contribution in [0.2, 0.25) is 0 Å². The molecular formula is C42H32N4O6S4. The molecule has 12 rings (SSSR count). The Hall–Kier alpha value is -4.50. The zero-order valence-electron chi connectivity index (χ0n) is 29.6. The first-order valence-electron chi connectivity index (χ1n) is 18.5. The van der Waals surface area contributed by atoms with Gasteiger partial charge in [0, 0.05) is 24.6 Å². The molecule has 8 fully saturated rings. The Morgan fingerprint density at radius 2 is 0.750 bits per heavy atom. The van der Waals surface area contributed by atoms with Gasteiger partial charge in [-0.3, -0.25) is 28.8 Å². The number of hydrogen-bond acceptors (Lipinski definition) is 10. The minimum absolute atomic E-state index is 0.0222. The Balaban J connectivity index is 0.000000130. The summed E-state index contributed by atoms with van der Waals surface area (Å²) in [7, 11) is 0. The largest absolute Gasteiger partial charge is 0.316 e. The summed E-state index contributed by atoms with van der Waals surface area (Å²) in [5.74, 6) is -1.70. The van der Waals surface area contributed by atoms with E-state index in [1.807, 2.05) is 107 Å². The van der Waals surface area contributed by atoms with E-state index in [0.29, 0.717) is 24.5 Å². The van der Waals surface area contributed by atoms with Crippen LogP contribution in [0.15, 0.2) is 121 Å². The molecular weight excluding hydrogens is 785 g/mol. The molecule has 0 aromatic heterocycles. The molecule has 0 N–H and O–H groups in total. The third-order valence-electron chi connectivity index (χ3n) is 12.4. The molecule has 280 valence electrons. The second-order valence-electron chi connectivity index (χ2n) is 14.9. The molecule has 2 spiro atoms. The van der Waals surface area contributed by atoms with Gasteiger partial charge in [-0.05, 0) is 35.4 Å². The number of thioether (sulfide) groups is 4. The van der Waals surface area contributed by atoms with Crippen LogP contribution < -0.4 is 9.80 Å². The number of para-hydroxylation sites is 2. The molecule has 0 radical (unpaired) electrons. The van der Waals surface area contributed by atoms with E-state index < -0.39 is 41.6 Å². The minimum atomic E-state index is -1.02. The number of nitrogens with zero attached hydrogens (tertiary/aromatic N) is 4. The van der Waals surface area contributed by atoms with Crippen molar-refractivity contribution in [3.8, 4) is 0 Å². The Morgan fingerprint density at radius 3 is 1.11 bits per heavy atom. The van der Waals surface area contributed by atoms with Crippen molar-refractivity contribution in [2.45, 2.75) is 17.9 Å². The molecule has 0 saturated carbocycles. The van der Waals surface area contributed by atoms with Crippen molar-refractivity contribution >= 4 is 93.9 Å². The highest BCUT2D eigenvalue weighted by Gasteiger charge is 2.84. The molecule has 8 aliphatic rings. The van der Waals surface area contributed by atoms with E-state index in [1.54, 1.807) is 47.8 Å². The highest BCUT2D eigenvalue weighted by molar-refractivity contribution is 8.20. The summed E-state index contributed by atoms with van der Waals surface area (Å²) in [6.45, 7) is 1.25. The molecule has 8 heterocycles. The SMILES string of the molecule is O=C1[C@@H]2[C@H](C(=O)N1c1ccccc1)[C@@]1(c3ccccc3)S[C@@]23SCCN3C1=O.O=C1[C@@H]2[C@H](C(=O)N1c1ccccc1)[C@]13SCCN1C(=O)[C@@]2(c1ccccc1)S3. The first-order chi connectivity index (χ1) is 27.2. The number of imide groups is 2. The van der Waals surface area contributed by atoms with Crippen LogP contribution >= 0.6 is 47.0 Å². The van der Waals surface area contributed by atoms with Gasteiger partial charge in [0.1, 0.15) is 17.9 Å². The number of rotatable bonds is 4. The molecule has 4 aromatic carbocycles. The van der Waals surface area contributed by atoms with Gasteiger partial charge in [0.05, 0.1) is 35.0 Å². The van der Waals surface area contributed by atoms with E-state index in [4.69, 9.17) is 0 Å². The molecule has 14 heteroatoms. The molecule has 56 heavy (non-hydrogen) atoms. The number of amides is 6. The van der Waals surface area contributed by atoms with Crippen LogP contribution in [-0.4, -0.2) is 78.2 Å². The molecule has 8 aliphatic heterocycles.